The minimum atomic E-state index is 0.521. The van der Waals surface area contributed by atoms with Gasteiger partial charge in [-0.15, -0.1) is 0 Å². The Balaban J connectivity index is 1.68. The maximum atomic E-state index is 3.75. The zero-order chi connectivity index (χ0) is 13.7. The summed E-state index contributed by atoms with van der Waals surface area (Å²) in [5.41, 5.74) is 1.04. The van der Waals surface area contributed by atoms with Crippen LogP contribution in [0.5, 0.6) is 0 Å². The van der Waals surface area contributed by atoms with E-state index in [0.717, 1.165) is 18.0 Å². The molecule has 0 spiro atoms. The number of piperidine rings is 1. The molecule has 2 heterocycles. The molecule has 3 rings (SSSR count). The van der Waals surface area contributed by atoms with Crippen LogP contribution in [0.2, 0.25) is 0 Å². The number of nitrogens with one attached hydrogen (secondary N) is 1. The summed E-state index contributed by atoms with van der Waals surface area (Å²) in [4.78, 5) is 2.83. The van der Waals surface area contributed by atoms with Crippen molar-refractivity contribution in [3.8, 4) is 0 Å². The third-order valence-corrected chi connectivity index (χ3v) is 5.68. The number of rotatable bonds is 1. The van der Waals surface area contributed by atoms with E-state index in [-0.39, 0.29) is 0 Å². The molecule has 110 valence electrons. The van der Waals surface area contributed by atoms with Crippen molar-refractivity contribution in [3.05, 3.63) is 0 Å². The van der Waals surface area contributed by atoms with Gasteiger partial charge in [-0.3, -0.25) is 4.90 Å². The quantitative estimate of drug-likeness (QED) is 0.782. The predicted octanol–water partition coefficient (Wildman–Crippen LogP) is 3.28. The maximum absolute atomic E-state index is 3.75. The van der Waals surface area contributed by atoms with Crippen molar-refractivity contribution in [2.24, 2.45) is 16.7 Å². The van der Waals surface area contributed by atoms with Gasteiger partial charge in [0.25, 0.3) is 0 Å². The Morgan fingerprint density at radius 1 is 1.00 bits per heavy atom. The highest BCUT2D eigenvalue weighted by Crippen LogP contribution is 2.48. The number of nitrogens with zero attached hydrogens (tertiary/aromatic N) is 1. The lowest BCUT2D eigenvalue weighted by molar-refractivity contribution is 0.0326. The topological polar surface area (TPSA) is 15.3 Å². The SMILES string of the molecule is CC1(C)CC(N2CC3CCCNC3C2)CC(C)(C)C1. The summed E-state index contributed by atoms with van der Waals surface area (Å²) in [6.07, 6.45) is 7.02. The molecule has 19 heavy (non-hydrogen) atoms. The van der Waals surface area contributed by atoms with E-state index in [1.807, 2.05) is 0 Å². The van der Waals surface area contributed by atoms with Gasteiger partial charge in [0.15, 0.2) is 0 Å². The Bertz CT molecular complexity index is 304. The van der Waals surface area contributed by atoms with Gasteiger partial charge >= 0.3 is 0 Å². The van der Waals surface area contributed by atoms with Crippen LogP contribution in [-0.4, -0.2) is 36.6 Å². The molecule has 2 nitrogen and oxygen atoms in total. The number of hydrogen-bond donors (Lipinski definition) is 1. The highest BCUT2D eigenvalue weighted by molar-refractivity contribution is 4.99. The van der Waals surface area contributed by atoms with Crippen LogP contribution in [0.4, 0.5) is 0 Å². The minimum absolute atomic E-state index is 0.521. The summed E-state index contributed by atoms with van der Waals surface area (Å²) < 4.78 is 0. The molecule has 1 N–H and O–H groups in total. The zero-order valence-corrected chi connectivity index (χ0v) is 13.3. The lowest BCUT2D eigenvalue weighted by atomic mass is 9.63. The molecule has 2 saturated heterocycles. The van der Waals surface area contributed by atoms with Gasteiger partial charge in [0, 0.05) is 25.2 Å². The van der Waals surface area contributed by atoms with Crippen molar-refractivity contribution >= 4 is 0 Å². The van der Waals surface area contributed by atoms with Crippen LogP contribution in [0.1, 0.15) is 59.8 Å². The van der Waals surface area contributed by atoms with Gasteiger partial charge < -0.3 is 5.32 Å². The first kappa shape index (κ1) is 13.9. The molecule has 0 amide bonds. The fraction of sp³-hybridized carbons (Fsp3) is 1.00. The summed E-state index contributed by atoms with van der Waals surface area (Å²) in [5, 5.41) is 3.75. The monoisotopic (exact) mass is 264 g/mol. The lowest BCUT2D eigenvalue weighted by Gasteiger charge is -2.48. The number of hydrogen-bond acceptors (Lipinski definition) is 2. The van der Waals surface area contributed by atoms with Gasteiger partial charge in [-0.25, -0.2) is 0 Å². The van der Waals surface area contributed by atoms with E-state index in [9.17, 15) is 0 Å². The molecule has 0 bridgehead atoms. The Morgan fingerprint density at radius 2 is 1.68 bits per heavy atom. The van der Waals surface area contributed by atoms with Crippen molar-refractivity contribution in [1.29, 1.82) is 0 Å². The van der Waals surface area contributed by atoms with Crippen molar-refractivity contribution in [2.75, 3.05) is 19.6 Å². The first-order chi connectivity index (χ1) is 8.85. The second-order valence-corrected chi connectivity index (χ2v) is 8.98. The highest BCUT2D eigenvalue weighted by atomic mass is 15.2. The van der Waals surface area contributed by atoms with Crippen molar-refractivity contribution in [1.82, 2.24) is 10.2 Å². The van der Waals surface area contributed by atoms with Gasteiger partial charge in [-0.1, -0.05) is 27.7 Å². The van der Waals surface area contributed by atoms with Gasteiger partial charge in [-0.2, -0.15) is 0 Å². The summed E-state index contributed by atoms with van der Waals surface area (Å²) in [7, 11) is 0. The van der Waals surface area contributed by atoms with Gasteiger partial charge in [0.2, 0.25) is 0 Å². The smallest absolute Gasteiger partial charge is 0.0235 e. The van der Waals surface area contributed by atoms with Gasteiger partial charge in [-0.05, 0) is 55.4 Å². The average molecular weight is 264 g/mol. The fourth-order valence-electron chi connectivity index (χ4n) is 5.42. The maximum Gasteiger partial charge on any atom is 0.0235 e. The third kappa shape index (κ3) is 3.00. The molecule has 2 atom stereocenters. The van der Waals surface area contributed by atoms with Crippen LogP contribution in [0.25, 0.3) is 0 Å². The molecule has 2 aliphatic heterocycles. The standard InChI is InChI=1S/C17H32N2/c1-16(2)8-14(9-17(3,4)12-16)19-10-13-6-5-7-18-15(13)11-19/h13-15,18H,5-12H2,1-4H3. The fourth-order valence-corrected chi connectivity index (χ4v) is 5.42. The van der Waals surface area contributed by atoms with E-state index in [2.05, 4.69) is 37.9 Å². The molecule has 3 aliphatic rings. The van der Waals surface area contributed by atoms with Crippen LogP contribution in [-0.2, 0) is 0 Å². The normalized spacial score (nSPS) is 39.2. The van der Waals surface area contributed by atoms with Crippen LogP contribution in [0.3, 0.4) is 0 Å². The summed E-state index contributed by atoms with van der Waals surface area (Å²) in [6.45, 7) is 13.8. The zero-order valence-electron chi connectivity index (χ0n) is 13.3. The second-order valence-electron chi connectivity index (χ2n) is 8.98. The summed E-state index contributed by atoms with van der Waals surface area (Å²) in [5.74, 6) is 0.932. The van der Waals surface area contributed by atoms with E-state index in [4.69, 9.17) is 0 Å². The van der Waals surface area contributed by atoms with E-state index in [0.29, 0.717) is 10.8 Å². The molecular formula is C17H32N2. The lowest BCUT2D eigenvalue weighted by Crippen LogP contribution is -2.46. The first-order valence-corrected chi connectivity index (χ1v) is 8.32. The highest BCUT2D eigenvalue weighted by Gasteiger charge is 2.44. The largest absolute Gasteiger partial charge is 0.312 e. The first-order valence-electron chi connectivity index (χ1n) is 8.32. The molecule has 1 aliphatic carbocycles. The van der Waals surface area contributed by atoms with Gasteiger partial charge in [0.05, 0.1) is 0 Å². The van der Waals surface area contributed by atoms with Crippen LogP contribution in [0.15, 0.2) is 0 Å². The Labute approximate surface area is 119 Å². The van der Waals surface area contributed by atoms with Crippen LogP contribution < -0.4 is 5.32 Å². The Morgan fingerprint density at radius 3 is 2.32 bits per heavy atom. The molecule has 2 unspecified atom stereocenters. The Hall–Kier alpha value is -0.0800. The van der Waals surface area contributed by atoms with E-state index in [1.165, 1.54) is 51.7 Å². The minimum Gasteiger partial charge on any atom is -0.312 e. The molecule has 0 aromatic heterocycles. The second kappa shape index (κ2) is 4.73. The molecule has 0 aromatic rings. The van der Waals surface area contributed by atoms with Crippen molar-refractivity contribution in [3.63, 3.8) is 0 Å². The molecule has 0 aromatic carbocycles. The van der Waals surface area contributed by atoms with E-state index >= 15 is 0 Å². The van der Waals surface area contributed by atoms with Crippen LogP contribution >= 0.6 is 0 Å². The summed E-state index contributed by atoms with van der Waals surface area (Å²) in [6, 6.07) is 1.62. The molecule has 0 radical (unpaired) electrons. The molecule has 3 fully saturated rings. The molecule has 2 heteroatoms. The van der Waals surface area contributed by atoms with E-state index in [1.54, 1.807) is 0 Å². The molecule has 1 saturated carbocycles. The molecular weight excluding hydrogens is 232 g/mol. The van der Waals surface area contributed by atoms with Crippen molar-refractivity contribution in [2.45, 2.75) is 71.9 Å². The average Bonchev–Trinajstić information content (AvgIpc) is 2.68. The number of likely N-dealkylation sites (tertiary alicyclic amines) is 1. The van der Waals surface area contributed by atoms with Gasteiger partial charge in [0.1, 0.15) is 0 Å². The third-order valence-electron chi connectivity index (χ3n) is 5.68. The predicted molar refractivity (Wildman–Crippen MR) is 81.3 cm³/mol. The van der Waals surface area contributed by atoms with E-state index < -0.39 is 0 Å². The summed E-state index contributed by atoms with van der Waals surface area (Å²) >= 11 is 0. The number of fused-ring (bicyclic) bond motifs is 1. The Kier molecular flexibility index (Phi) is 3.46. The van der Waals surface area contributed by atoms with Crippen molar-refractivity contribution < 1.29 is 0 Å². The van der Waals surface area contributed by atoms with Crippen LogP contribution in [0, 0.1) is 16.7 Å².